The molecule has 39 heavy (non-hydrogen) atoms. The van der Waals surface area contributed by atoms with Gasteiger partial charge in [-0.05, 0) is 74.9 Å². The lowest BCUT2D eigenvalue weighted by atomic mass is 9.86. The Kier molecular flexibility index (Phi) is 10.3. The highest BCUT2D eigenvalue weighted by Gasteiger charge is 2.43. The van der Waals surface area contributed by atoms with E-state index in [4.69, 9.17) is 9.47 Å². The maximum atomic E-state index is 13.6. The average molecular weight is 559 g/mol. The minimum Gasteiger partial charge on any atom is -0.507 e. The first-order valence-corrected chi connectivity index (χ1v) is 13.9. The molecule has 0 aromatic heterocycles. The number of aliphatic hydroxyl groups excluding tert-OH is 1. The summed E-state index contributed by atoms with van der Waals surface area (Å²) in [6.07, 6.45) is 1.45. The zero-order valence-electron chi connectivity index (χ0n) is 23.2. The van der Waals surface area contributed by atoms with Crippen molar-refractivity contribution >= 4 is 29.2 Å². The second-order valence-electron chi connectivity index (χ2n) is 9.91. The first-order chi connectivity index (χ1) is 18.6. The van der Waals surface area contributed by atoms with Gasteiger partial charge in [0.15, 0.2) is 11.2 Å². The van der Waals surface area contributed by atoms with Gasteiger partial charge < -0.3 is 29.9 Å². The van der Waals surface area contributed by atoms with Gasteiger partial charge in [0.1, 0.15) is 23.9 Å². The summed E-state index contributed by atoms with van der Waals surface area (Å²) in [5.41, 5.74) is 3.71. The second kappa shape index (κ2) is 13.2. The second-order valence-corrected chi connectivity index (χ2v) is 10.9. The van der Waals surface area contributed by atoms with Crippen LogP contribution in [0.25, 0.3) is 0 Å². The molecule has 2 atom stereocenters. The molecule has 0 aliphatic carbocycles. The van der Waals surface area contributed by atoms with Crippen LogP contribution in [-0.2, 0) is 27.2 Å². The fraction of sp³-hybridized carbons (Fsp3) is 0.483. The molecule has 1 aliphatic heterocycles. The normalized spacial score (nSPS) is 17.0. The Balaban J connectivity index is 1.64. The van der Waals surface area contributed by atoms with Gasteiger partial charge in [-0.15, -0.1) is 0 Å². The van der Waals surface area contributed by atoms with Crippen LogP contribution in [0.2, 0.25) is 0 Å². The number of hydrogen-bond donors (Lipinski definition) is 3. The minimum atomic E-state index is -1.11. The number of amides is 2. The first kappa shape index (κ1) is 30.3. The van der Waals surface area contributed by atoms with Crippen LogP contribution in [-0.4, -0.2) is 76.7 Å². The number of hydrogen-bond acceptors (Lipinski definition) is 8. The lowest BCUT2D eigenvalue weighted by Gasteiger charge is -2.39. The number of phenolic OH excluding ortho intramolecular Hbond substituents is 1. The molecule has 9 nitrogen and oxygen atoms in total. The van der Waals surface area contributed by atoms with Crippen LogP contribution >= 0.6 is 11.8 Å². The smallest absolute Gasteiger partial charge is 0.266 e. The molecule has 3 rings (SSSR count). The van der Waals surface area contributed by atoms with E-state index in [9.17, 15) is 24.6 Å². The van der Waals surface area contributed by atoms with Crippen molar-refractivity contribution in [2.24, 2.45) is 0 Å². The van der Waals surface area contributed by atoms with Gasteiger partial charge in [-0.2, -0.15) is 0 Å². The molecular formula is C29H38N2O7S. The van der Waals surface area contributed by atoms with Gasteiger partial charge >= 0.3 is 0 Å². The van der Waals surface area contributed by atoms with Crippen LogP contribution in [0.5, 0.6) is 17.2 Å². The quantitative estimate of drug-likeness (QED) is 0.340. The van der Waals surface area contributed by atoms with Crippen molar-refractivity contribution in [2.45, 2.75) is 57.8 Å². The van der Waals surface area contributed by atoms with Gasteiger partial charge in [0.05, 0.1) is 18.4 Å². The molecule has 0 fully saturated rings. The number of fused-ring (bicyclic) bond motifs is 1. The fourth-order valence-corrected chi connectivity index (χ4v) is 5.47. The van der Waals surface area contributed by atoms with Crippen molar-refractivity contribution in [3.05, 3.63) is 52.1 Å². The maximum absolute atomic E-state index is 13.6. The summed E-state index contributed by atoms with van der Waals surface area (Å²) in [6, 6.07) is 7.24. The molecule has 1 aliphatic rings. The lowest BCUT2D eigenvalue weighted by Crippen LogP contribution is -2.54. The van der Waals surface area contributed by atoms with Crippen molar-refractivity contribution in [2.75, 3.05) is 33.4 Å². The third-order valence-corrected chi connectivity index (χ3v) is 8.18. The summed E-state index contributed by atoms with van der Waals surface area (Å²) in [4.78, 5) is 38.0. The number of phenols is 1. The summed E-state index contributed by atoms with van der Waals surface area (Å²) in [5.74, 6) is 1.08. The molecular weight excluding hydrogens is 520 g/mol. The van der Waals surface area contributed by atoms with E-state index in [0.717, 1.165) is 39.6 Å². The number of carbonyl (C=O) groups is 3. The monoisotopic (exact) mass is 558 g/mol. The van der Waals surface area contributed by atoms with E-state index in [-0.39, 0.29) is 43.9 Å². The number of nitrogens with zero attached hydrogens (tertiary/aromatic N) is 1. The van der Waals surface area contributed by atoms with E-state index < -0.39 is 10.9 Å². The Hall–Kier alpha value is -3.24. The zero-order valence-corrected chi connectivity index (χ0v) is 24.0. The van der Waals surface area contributed by atoms with E-state index in [1.807, 2.05) is 32.9 Å². The summed E-state index contributed by atoms with van der Waals surface area (Å²) < 4.78 is 12.2. The highest BCUT2D eigenvalue weighted by atomic mass is 32.2. The fourth-order valence-electron chi connectivity index (χ4n) is 4.81. The SMILES string of the molecule is CNC(=O)C(Cc1ccc(OCCN(CCO)C(=O)C2(C)CCc3c(C)c(O)c(C)c(C)c3O2)cc1)SC=O. The molecule has 2 aromatic rings. The molecule has 10 heteroatoms. The Morgan fingerprint density at radius 1 is 1.18 bits per heavy atom. The Morgan fingerprint density at radius 3 is 2.49 bits per heavy atom. The number of rotatable bonds is 12. The van der Waals surface area contributed by atoms with Gasteiger partial charge in [0.25, 0.3) is 5.91 Å². The predicted molar refractivity (Wildman–Crippen MR) is 151 cm³/mol. The van der Waals surface area contributed by atoms with E-state index in [0.29, 0.717) is 36.4 Å². The van der Waals surface area contributed by atoms with Gasteiger partial charge in [-0.3, -0.25) is 14.4 Å². The lowest BCUT2D eigenvalue weighted by molar-refractivity contribution is -0.149. The van der Waals surface area contributed by atoms with Crippen LogP contribution < -0.4 is 14.8 Å². The molecule has 3 N–H and O–H groups in total. The van der Waals surface area contributed by atoms with Gasteiger partial charge in [-0.25, -0.2) is 0 Å². The van der Waals surface area contributed by atoms with Crippen LogP contribution in [0, 0.1) is 20.8 Å². The average Bonchev–Trinajstić information content (AvgIpc) is 2.94. The van der Waals surface area contributed by atoms with E-state index >= 15 is 0 Å². The summed E-state index contributed by atoms with van der Waals surface area (Å²) in [6.45, 7) is 7.78. The number of ether oxygens (including phenoxy) is 2. The zero-order chi connectivity index (χ0) is 28.7. The van der Waals surface area contributed by atoms with Crippen molar-refractivity contribution in [3.63, 3.8) is 0 Å². The highest BCUT2D eigenvalue weighted by Crippen LogP contribution is 2.43. The molecule has 0 spiro atoms. The van der Waals surface area contributed by atoms with E-state index in [1.54, 1.807) is 24.0 Å². The number of thioether (sulfide) groups is 1. The minimum absolute atomic E-state index is 0.148. The van der Waals surface area contributed by atoms with Gasteiger partial charge in [-0.1, -0.05) is 23.9 Å². The number of carbonyl (C=O) groups excluding carboxylic acids is 3. The van der Waals surface area contributed by atoms with Crippen molar-refractivity contribution < 1.29 is 34.1 Å². The van der Waals surface area contributed by atoms with Crippen molar-refractivity contribution in [1.82, 2.24) is 10.2 Å². The number of nitrogens with one attached hydrogen (secondary N) is 1. The molecule has 0 radical (unpaired) electrons. The molecule has 0 saturated heterocycles. The first-order valence-electron chi connectivity index (χ1n) is 13.0. The summed E-state index contributed by atoms with van der Waals surface area (Å²) >= 11 is 0.940. The maximum Gasteiger partial charge on any atom is 0.266 e. The Labute approximate surface area is 233 Å². The van der Waals surface area contributed by atoms with Crippen molar-refractivity contribution in [1.29, 1.82) is 0 Å². The molecule has 2 unspecified atom stereocenters. The summed E-state index contributed by atoms with van der Waals surface area (Å²) in [5, 5.41) is 22.1. The number of benzene rings is 2. The molecule has 2 amide bonds. The van der Waals surface area contributed by atoms with Crippen LogP contribution in [0.1, 0.15) is 41.2 Å². The van der Waals surface area contributed by atoms with Crippen LogP contribution in [0.15, 0.2) is 24.3 Å². The van der Waals surface area contributed by atoms with E-state index in [2.05, 4.69) is 5.32 Å². The number of aliphatic hydroxyl groups is 1. The van der Waals surface area contributed by atoms with Gasteiger partial charge in [0.2, 0.25) is 5.91 Å². The van der Waals surface area contributed by atoms with Crippen LogP contribution in [0.3, 0.4) is 0 Å². The third-order valence-electron chi connectivity index (χ3n) is 7.36. The third kappa shape index (κ3) is 6.86. The predicted octanol–water partition coefficient (Wildman–Crippen LogP) is 2.88. The summed E-state index contributed by atoms with van der Waals surface area (Å²) in [7, 11) is 1.54. The van der Waals surface area contributed by atoms with Crippen molar-refractivity contribution in [3.8, 4) is 17.2 Å². The molecule has 1 heterocycles. The molecule has 0 bridgehead atoms. The van der Waals surface area contributed by atoms with Crippen LogP contribution in [0.4, 0.5) is 0 Å². The topological polar surface area (TPSA) is 125 Å². The molecule has 0 saturated carbocycles. The van der Waals surface area contributed by atoms with Gasteiger partial charge in [0, 0.05) is 25.6 Å². The van der Waals surface area contributed by atoms with E-state index in [1.165, 1.54) is 7.05 Å². The largest absolute Gasteiger partial charge is 0.507 e. The Bertz CT molecular complexity index is 1200. The molecule has 2 aromatic carbocycles. The highest BCUT2D eigenvalue weighted by molar-refractivity contribution is 8.13. The standard InChI is InChI=1S/C29H38N2O7S/c1-18-19(2)26-23(20(3)25(18)34)10-11-29(4,38-26)28(36)31(12-14-32)13-15-37-22-8-6-21(7-9-22)16-24(39-17-33)27(35)30-5/h6-9,17,24,32,34H,10-16H2,1-5H3,(H,30,35). The number of aromatic hydroxyl groups is 1. The molecule has 212 valence electrons. The Morgan fingerprint density at radius 2 is 1.87 bits per heavy atom.